The van der Waals surface area contributed by atoms with Gasteiger partial charge in [-0.2, -0.15) is 0 Å². The second kappa shape index (κ2) is 9.00. The van der Waals surface area contributed by atoms with Crippen LogP contribution in [0.5, 0.6) is 5.75 Å². The zero-order valence-electron chi connectivity index (χ0n) is 17.4. The molecule has 1 N–H and O–H groups in total. The lowest BCUT2D eigenvalue weighted by Crippen LogP contribution is -2.45. The number of benzene rings is 1. The third-order valence-electron chi connectivity index (χ3n) is 6.83. The summed E-state index contributed by atoms with van der Waals surface area (Å²) in [4.78, 5) is 19.1. The van der Waals surface area contributed by atoms with Gasteiger partial charge in [-0.25, -0.2) is 0 Å². The predicted octanol–water partition coefficient (Wildman–Crippen LogP) is 1.24. The summed E-state index contributed by atoms with van der Waals surface area (Å²) in [6.45, 7) is 9.19. The smallest absolute Gasteiger partial charge is 0.311 e. The van der Waals surface area contributed by atoms with Gasteiger partial charge in [0.25, 0.3) is 0 Å². The molecule has 4 rings (SSSR count). The molecular formula is C22H33N3O4. The van der Waals surface area contributed by atoms with E-state index in [0.717, 1.165) is 57.1 Å². The van der Waals surface area contributed by atoms with Crippen LogP contribution in [0, 0.1) is 11.3 Å². The summed E-state index contributed by atoms with van der Waals surface area (Å²) >= 11 is 0. The van der Waals surface area contributed by atoms with E-state index in [1.807, 2.05) is 18.2 Å². The molecule has 3 fully saturated rings. The Labute approximate surface area is 173 Å². The normalized spacial score (nSPS) is 28.9. The molecule has 0 bridgehead atoms. The quantitative estimate of drug-likeness (QED) is 0.735. The molecule has 29 heavy (non-hydrogen) atoms. The number of hydrogen-bond donors (Lipinski definition) is 1. The minimum atomic E-state index is -0.676. The number of nitrogens with zero attached hydrogens (tertiary/aromatic N) is 3. The van der Waals surface area contributed by atoms with Crippen LogP contribution < -0.4 is 4.74 Å². The minimum Gasteiger partial charge on any atom is -0.492 e. The molecule has 0 spiro atoms. The number of carbonyl (C=O) groups is 1. The van der Waals surface area contributed by atoms with E-state index in [4.69, 9.17) is 9.47 Å². The Kier molecular flexibility index (Phi) is 6.39. The van der Waals surface area contributed by atoms with E-state index in [0.29, 0.717) is 32.8 Å². The van der Waals surface area contributed by atoms with Crippen molar-refractivity contribution in [2.75, 3.05) is 72.7 Å². The molecule has 0 saturated carbocycles. The number of likely N-dealkylation sites (N-methyl/N-ethyl adjacent to an activating group) is 1. The monoisotopic (exact) mass is 403 g/mol. The van der Waals surface area contributed by atoms with Crippen molar-refractivity contribution in [3.8, 4) is 5.75 Å². The molecule has 0 amide bonds. The molecule has 0 unspecified atom stereocenters. The van der Waals surface area contributed by atoms with Gasteiger partial charge in [0.15, 0.2) is 0 Å². The zero-order valence-corrected chi connectivity index (χ0v) is 17.4. The molecule has 3 saturated heterocycles. The highest BCUT2D eigenvalue weighted by Crippen LogP contribution is 2.43. The van der Waals surface area contributed by atoms with Crippen molar-refractivity contribution in [3.05, 3.63) is 29.8 Å². The van der Waals surface area contributed by atoms with Crippen LogP contribution in [0.1, 0.15) is 12.0 Å². The zero-order chi connectivity index (χ0) is 20.3. The minimum absolute atomic E-state index is 0.0686. The first-order valence-electron chi connectivity index (χ1n) is 10.7. The van der Waals surface area contributed by atoms with Crippen molar-refractivity contribution < 1.29 is 19.4 Å². The number of carboxylic acid groups (broad SMARTS) is 1. The Bertz CT molecular complexity index is 707. The van der Waals surface area contributed by atoms with Gasteiger partial charge in [-0.05, 0) is 19.5 Å². The Hall–Kier alpha value is -1.67. The number of hydrogen-bond acceptors (Lipinski definition) is 6. The molecule has 0 aromatic heterocycles. The van der Waals surface area contributed by atoms with Gasteiger partial charge in [0.1, 0.15) is 12.4 Å². The van der Waals surface area contributed by atoms with Gasteiger partial charge in [-0.15, -0.1) is 0 Å². The van der Waals surface area contributed by atoms with Crippen molar-refractivity contribution in [2.45, 2.75) is 13.0 Å². The fourth-order valence-corrected chi connectivity index (χ4v) is 4.90. The molecule has 3 aliphatic heterocycles. The maximum absolute atomic E-state index is 12.0. The van der Waals surface area contributed by atoms with Gasteiger partial charge in [-0.1, -0.05) is 18.2 Å². The third kappa shape index (κ3) is 4.58. The number of ether oxygens (including phenoxy) is 2. The SMILES string of the molecule is CN1CCN(CCOc2ccccc2CN2C[C@@H]3COCC[C@]3(C(=O)O)C2)CC1. The van der Waals surface area contributed by atoms with Crippen LogP contribution in [0.3, 0.4) is 0 Å². The highest BCUT2D eigenvalue weighted by atomic mass is 16.5. The largest absolute Gasteiger partial charge is 0.492 e. The topological polar surface area (TPSA) is 65.5 Å². The van der Waals surface area contributed by atoms with Crippen LogP contribution in [-0.2, 0) is 16.1 Å². The first-order valence-corrected chi connectivity index (χ1v) is 10.7. The molecule has 1 aromatic rings. The maximum Gasteiger partial charge on any atom is 0.311 e. The first-order chi connectivity index (χ1) is 14.1. The molecule has 160 valence electrons. The van der Waals surface area contributed by atoms with Crippen LogP contribution in [0.2, 0.25) is 0 Å². The number of likely N-dealkylation sites (tertiary alicyclic amines) is 1. The Morgan fingerprint density at radius 2 is 2.03 bits per heavy atom. The molecule has 0 aliphatic carbocycles. The molecule has 7 nitrogen and oxygen atoms in total. The Morgan fingerprint density at radius 1 is 1.24 bits per heavy atom. The van der Waals surface area contributed by atoms with Crippen molar-refractivity contribution in [1.82, 2.24) is 14.7 Å². The molecule has 1 aromatic carbocycles. The number of fused-ring (bicyclic) bond motifs is 1. The average Bonchev–Trinajstić information content (AvgIpc) is 3.10. The van der Waals surface area contributed by atoms with E-state index in [9.17, 15) is 9.90 Å². The molecule has 0 radical (unpaired) electrons. The lowest BCUT2D eigenvalue weighted by atomic mass is 9.74. The van der Waals surface area contributed by atoms with Gasteiger partial charge >= 0.3 is 5.97 Å². The lowest BCUT2D eigenvalue weighted by molar-refractivity contribution is -0.157. The van der Waals surface area contributed by atoms with E-state index >= 15 is 0 Å². The van der Waals surface area contributed by atoms with Gasteiger partial charge in [0.2, 0.25) is 0 Å². The fraction of sp³-hybridized carbons (Fsp3) is 0.682. The second-order valence-corrected chi connectivity index (χ2v) is 8.75. The maximum atomic E-state index is 12.0. The summed E-state index contributed by atoms with van der Waals surface area (Å²) in [6.07, 6.45) is 0.604. The van der Waals surface area contributed by atoms with Gasteiger partial charge in [-0.3, -0.25) is 14.6 Å². The number of aliphatic carboxylic acids is 1. The van der Waals surface area contributed by atoms with Crippen LogP contribution in [0.4, 0.5) is 0 Å². The van der Waals surface area contributed by atoms with E-state index in [1.54, 1.807) is 0 Å². The van der Waals surface area contributed by atoms with E-state index in [-0.39, 0.29) is 5.92 Å². The lowest BCUT2D eigenvalue weighted by Gasteiger charge is -2.34. The second-order valence-electron chi connectivity index (χ2n) is 8.75. The van der Waals surface area contributed by atoms with Gasteiger partial charge < -0.3 is 19.5 Å². The van der Waals surface area contributed by atoms with Crippen LogP contribution >= 0.6 is 0 Å². The molecular weight excluding hydrogens is 370 g/mol. The van der Waals surface area contributed by atoms with Crippen LogP contribution in [-0.4, -0.2) is 98.5 Å². The molecule has 3 aliphatic rings. The van der Waals surface area contributed by atoms with E-state index in [1.165, 1.54) is 0 Å². The number of carboxylic acids is 1. The summed E-state index contributed by atoms with van der Waals surface area (Å²) in [5, 5.41) is 9.88. The van der Waals surface area contributed by atoms with Gasteiger partial charge in [0.05, 0.1) is 12.0 Å². The third-order valence-corrected chi connectivity index (χ3v) is 6.83. The average molecular weight is 404 g/mol. The van der Waals surface area contributed by atoms with Gasteiger partial charge in [0, 0.05) is 70.4 Å². The molecule has 7 heteroatoms. The van der Waals surface area contributed by atoms with Crippen molar-refractivity contribution >= 4 is 5.97 Å². The summed E-state index contributed by atoms with van der Waals surface area (Å²) in [5.41, 5.74) is 0.473. The van der Waals surface area contributed by atoms with Crippen LogP contribution in [0.15, 0.2) is 24.3 Å². The van der Waals surface area contributed by atoms with Crippen molar-refractivity contribution in [2.24, 2.45) is 11.3 Å². The molecule has 2 atom stereocenters. The van der Waals surface area contributed by atoms with E-state index < -0.39 is 11.4 Å². The number of piperazine rings is 1. The highest BCUT2D eigenvalue weighted by molar-refractivity contribution is 5.76. The predicted molar refractivity (Wildman–Crippen MR) is 110 cm³/mol. The number of para-hydroxylation sites is 1. The molecule has 3 heterocycles. The summed E-state index contributed by atoms with van der Waals surface area (Å²) in [5.74, 6) is 0.307. The van der Waals surface area contributed by atoms with Crippen LogP contribution in [0.25, 0.3) is 0 Å². The van der Waals surface area contributed by atoms with Crippen molar-refractivity contribution in [3.63, 3.8) is 0 Å². The van der Waals surface area contributed by atoms with Crippen molar-refractivity contribution in [1.29, 1.82) is 0 Å². The Balaban J connectivity index is 1.34. The van der Waals surface area contributed by atoms with E-state index in [2.05, 4.69) is 27.8 Å². The standard InChI is InChI=1S/C22H33N3O4/c1-23-7-9-24(10-8-23)11-13-29-20-5-3-2-4-18(20)14-25-15-19-16-28-12-6-22(19,17-25)21(26)27/h2-5,19H,6-17H2,1H3,(H,26,27)/t19-,22+/m1/s1. The highest BCUT2D eigenvalue weighted by Gasteiger charge is 2.53. The first kappa shape index (κ1) is 20.6. The number of rotatable bonds is 7. The summed E-state index contributed by atoms with van der Waals surface area (Å²) in [7, 11) is 2.17. The fourth-order valence-electron chi connectivity index (χ4n) is 4.90. The summed E-state index contributed by atoms with van der Waals surface area (Å²) < 4.78 is 11.7. The summed E-state index contributed by atoms with van der Waals surface area (Å²) in [6, 6.07) is 8.16. The Morgan fingerprint density at radius 3 is 2.79 bits per heavy atom.